The average molecular weight is 273 g/mol. The van der Waals surface area contributed by atoms with E-state index in [9.17, 15) is 0 Å². The van der Waals surface area contributed by atoms with Gasteiger partial charge < -0.3 is 20.8 Å². The number of rotatable bonds is 7. The van der Waals surface area contributed by atoms with Gasteiger partial charge in [0.05, 0.1) is 12.2 Å². The van der Waals surface area contributed by atoms with Crippen molar-refractivity contribution in [1.82, 2.24) is 10.6 Å². The van der Waals surface area contributed by atoms with Gasteiger partial charge in [-0.25, -0.2) is 5.14 Å². The molecule has 106 valence electrons. The highest BCUT2D eigenvalue weighted by Crippen LogP contribution is 1.75. The molecular weight excluding hydrogens is 250 g/mol. The highest BCUT2D eigenvalue weighted by atomic mass is 32.2. The molecule has 0 radical (unpaired) electrons. The van der Waals surface area contributed by atoms with Gasteiger partial charge in [-0.15, -0.1) is 0 Å². The lowest BCUT2D eigenvalue weighted by Crippen LogP contribution is -2.34. The summed E-state index contributed by atoms with van der Waals surface area (Å²) in [6, 6.07) is 0. The first-order chi connectivity index (χ1) is 7.63. The number of hydrogen-bond acceptors (Lipinski definition) is 6. The second-order valence-corrected chi connectivity index (χ2v) is 4.65. The summed E-state index contributed by atoms with van der Waals surface area (Å²) in [5, 5.41) is 27.8. The molecule has 0 aliphatic heterocycles. The quantitative estimate of drug-likeness (QED) is 0.225. The Morgan fingerprint density at radius 2 is 1.29 bits per heavy atom. The van der Waals surface area contributed by atoms with Crippen molar-refractivity contribution in [1.29, 1.82) is 0 Å². The molecule has 0 rings (SSSR count). The summed E-state index contributed by atoms with van der Waals surface area (Å²) in [5.41, 5.74) is 0. The van der Waals surface area contributed by atoms with Crippen molar-refractivity contribution in [3.63, 3.8) is 0 Å². The predicted molar refractivity (Wildman–Crippen MR) is 64.8 cm³/mol. The second-order valence-electron chi connectivity index (χ2n) is 3.62. The minimum Gasteiger partial charge on any atom is -0.392 e. The maximum atomic E-state index is 8.97. The highest BCUT2D eigenvalue weighted by molar-refractivity contribution is 7.83. The van der Waals surface area contributed by atoms with Crippen LogP contribution in [-0.2, 0) is 10.3 Å². The number of aliphatic hydroxyl groups is 2. The molecule has 17 heavy (non-hydrogen) atoms. The molecule has 9 heteroatoms. The summed E-state index contributed by atoms with van der Waals surface area (Å²) in [7, 11) is -4.17. The molecule has 2 unspecified atom stereocenters. The van der Waals surface area contributed by atoms with Crippen molar-refractivity contribution < 1.29 is 23.2 Å². The molecule has 8 nitrogen and oxygen atoms in total. The molecule has 0 aliphatic carbocycles. The van der Waals surface area contributed by atoms with Gasteiger partial charge in [-0.1, -0.05) is 0 Å². The van der Waals surface area contributed by atoms with E-state index in [2.05, 4.69) is 15.8 Å². The summed E-state index contributed by atoms with van der Waals surface area (Å²) in [4.78, 5) is 0. The zero-order valence-corrected chi connectivity index (χ0v) is 10.9. The Bertz CT molecular complexity index is 236. The number of nitrogens with two attached hydrogens (primary N) is 1. The zero-order valence-electron chi connectivity index (χ0n) is 10.1. The van der Waals surface area contributed by atoms with Crippen LogP contribution in [0.5, 0.6) is 0 Å². The Morgan fingerprint density at radius 3 is 1.47 bits per heavy atom. The van der Waals surface area contributed by atoms with Gasteiger partial charge in [0, 0.05) is 26.2 Å². The Labute approximate surface area is 102 Å². The Hall–Kier alpha value is -0.290. The lowest BCUT2D eigenvalue weighted by molar-refractivity contribution is 0.186. The van der Waals surface area contributed by atoms with E-state index in [0.29, 0.717) is 13.1 Å². The van der Waals surface area contributed by atoms with E-state index in [1.54, 1.807) is 13.8 Å². The molecule has 2 atom stereocenters. The highest BCUT2D eigenvalue weighted by Gasteiger charge is 1.95. The van der Waals surface area contributed by atoms with Crippen molar-refractivity contribution in [2.75, 3.05) is 26.2 Å². The summed E-state index contributed by atoms with van der Waals surface area (Å²) < 4.78 is 25.2. The van der Waals surface area contributed by atoms with Gasteiger partial charge in [0.15, 0.2) is 0 Å². The monoisotopic (exact) mass is 273 g/mol. The fraction of sp³-hybridized carbons (Fsp3) is 1.00. The maximum absolute atomic E-state index is 8.97. The third kappa shape index (κ3) is 38.9. The predicted octanol–water partition coefficient (Wildman–Crippen LogP) is -2.32. The molecule has 7 N–H and O–H groups in total. The number of aliphatic hydroxyl groups excluding tert-OH is 2. The van der Waals surface area contributed by atoms with Gasteiger partial charge in [0.2, 0.25) is 0 Å². The van der Waals surface area contributed by atoms with E-state index in [1.807, 2.05) is 0 Å². The minimum atomic E-state index is -4.17. The van der Waals surface area contributed by atoms with Crippen LogP contribution in [0, 0.1) is 0 Å². The first-order valence-electron chi connectivity index (χ1n) is 5.15. The molecule has 0 saturated carbocycles. The molecule has 0 saturated heterocycles. The van der Waals surface area contributed by atoms with Gasteiger partial charge in [-0.3, -0.25) is 4.55 Å². The van der Waals surface area contributed by atoms with Crippen LogP contribution in [0.4, 0.5) is 0 Å². The van der Waals surface area contributed by atoms with E-state index >= 15 is 0 Å². The molecule has 0 aliphatic rings. The molecular formula is C8H23N3O5S. The van der Waals surface area contributed by atoms with Gasteiger partial charge in [0.25, 0.3) is 0 Å². The van der Waals surface area contributed by atoms with Crippen LogP contribution in [0.25, 0.3) is 0 Å². The molecule has 0 amide bonds. The smallest absolute Gasteiger partial charge is 0.330 e. The Kier molecular flexibility index (Phi) is 12.2. The normalized spacial score (nSPS) is 14.7. The second kappa shape index (κ2) is 10.8. The van der Waals surface area contributed by atoms with Crippen molar-refractivity contribution >= 4 is 10.3 Å². The van der Waals surface area contributed by atoms with Crippen LogP contribution in [0.2, 0.25) is 0 Å². The van der Waals surface area contributed by atoms with E-state index < -0.39 is 10.3 Å². The van der Waals surface area contributed by atoms with Crippen molar-refractivity contribution in [3.05, 3.63) is 0 Å². The topological polar surface area (TPSA) is 145 Å². The molecule has 0 aromatic rings. The molecule has 0 fully saturated rings. The molecule has 0 aromatic carbocycles. The van der Waals surface area contributed by atoms with Gasteiger partial charge in [0.1, 0.15) is 0 Å². The van der Waals surface area contributed by atoms with E-state index in [0.717, 1.165) is 13.1 Å². The van der Waals surface area contributed by atoms with E-state index in [4.69, 9.17) is 23.2 Å². The summed E-state index contributed by atoms with van der Waals surface area (Å²) >= 11 is 0. The third-order valence-corrected chi connectivity index (χ3v) is 1.36. The SMILES string of the molecule is CC(O)CNCCNCC(C)O.NS(=O)(=O)O. The van der Waals surface area contributed by atoms with Crippen molar-refractivity contribution in [2.45, 2.75) is 26.1 Å². The fourth-order valence-corrected chi connectivity index (χ4v) is 0.799. The van der Waals surface area contributed by atoms with Crippen molar-refractivity contribution in [3.8, 4) is 0 Å². The van der Waals surface area contributed by atoms with E-state index in [-0.39, 0.29) is 12.2 Å². The maximum Gasteiger partial charge on any atom is 0.330 e. The largest absolute Gasteiger partial charge is 0.392 e. The fourth-order valence-electron chi connectivity index (χ4n) is 0.799. The average Bonchev–Trinajstić information content (AvgIpc) is 2.07. The van der Waals surface area contributed by atoms with Crippen LogP contribution in [0.3, 0.4) is 0 Å². The van der Waals surface area contributed by atoms with E-state index in [1.165, 1.54) is 0 Å². The Morgan fingerprint density at radius 1 is 1.06 bits per heavy atom. The van der Waals surface area contributed by atoms with Crippen molar-refractivity contribution in [2.24, 2.45) is 5.14 Å². The van der Waals surface area contributed by atoms with Crippen LogP contribution >= 0.6 is 0 Å². The molecule has 0 bridgehead atoms. The third-order valence-electron chi connectivity index (χ3n) is 1.36. The van der Waals surface area contributed by atoms with Gasteiger partial charge in [-0.05, 0) is 13.8 Å². The van der Waals surface area contributed by atoms with Gasteiger partial charge >= 0.3 is 10.3 Å². The van der Waals surface area contributed by atoms with Gasteiger partial charge in [-0.2, -0.15) is 8.42 Å². The summed E-state index contributed by atoms with van der Waals surface area (Å²) in [6.45, 7) is 6.37. The lowest BCUT2D eigenvalue weighted by atomic mass is 10.4. The lowest BCUT2D eigenvalue weighted by Gasteiger charge is -2.08. The minimum absolute atomic E-state index is 0.290. The first kappa shape index (κ1) is 19.1. The summed E-state index contributed by atoms with van der Waals surface area (Å²) in [5.74, 6) is 0. The zero-order chi connectivity index (χ0) is 13.9. The van der Waals surface area contributed by atoms with Crippen LogP contribution < -0.4 is 15.8 Å². The molecule has 0 aromatic heterocycles. The Balaban J connectivity index is 0. The number of nitrogens with one attached hydrogen (secondary N) is 2. The summed E-state index contributed by atoms with van der Waals surface area (Å²) in [6.07, 6.45) is -0.580. The molecule has 0 heterocycles. The number of hydrogen-bond donors (Lipinski definition) is 6. The standard InChI is InChI=1S/C8H20N2O2.H3NO3S/c1-7(11)5-9-3-4-10-6-8(2)12;1-5(2,3)4/h7-12H,3-6H2,1-2H3;(H3,1,2,3,4). The first-order valence-corrected chi connectivity index (χ1v) is 6.66. The molecule has 0 spiro atoms. The van der Waals surface area contributed by atoms with Crippen LogP contribution in [0.1, 0.15) is 13.8 Å². The van der Waals surface area contributed by atoms with Crippen LogP contribution in [-0.4, -0.2) is 61.6 Å². The van der Waals surface area contributed by atoms with Crippen LogP contribution in [0.15, 0.2) is 0 Å².